The van der Waals surface area contributed by atoms with E-state index in [-0.39, 0.29) is 5.41 Å². The van der Waals surface area contributed by atoms with Gasteiger partial charge in [0.1, 0.15) is 0 Å². The minimum atomic E-state index is 0.255. The zero-order chi connectivity index (χ0) is 9.31. The van der Waals surface area contributed by atoms with Gasteiger partial charge in [0.25, 0.3) is 0 Å². The van der Waals surface area contributed by atoms with Crippen molar-refractivity contribution in [2.75, 3.05) is 0 Å². The van der Waals surface area contributed by atoms with E-state index >= 15 is 0 Å². The van der Waals surface area contributed by atoms with Crippen LogP contribution in [0.4, 0.5) is 0 Å². The van der Waals surface area contributed by atoms with E-state index in [1.165, 1.54) is 25.7 Å². The Bertz CT molecular complexity index is 287. The van der Waals surface area contributed by atoms with Crippen molar-refractivity contribution in [2.45, 2.75) is 39.5 Å². The van der Waals surface area contributed by atoms with E-state index in [9.17, 15) is 0 Å². The first-order valence-electron chi connectivity index (χ1n) is 5.28. The third-order valence-corrected chi connectivity index (χ3v) is 2.92. The molecule has 0 heterocycles. The molecule has 0 N–H and O–H groups in total. The fraction of sp³-hybridized carbons (Fsp3) is 0.538. The van der Waals surface area contributed by atoms with Gasteiger partial charge in [0.05, 0.1) is 0 Å². The van der Waals surface area contributed by atoms with Gasteiger partial charge in [-0.15, -0.1) is 0 Å². The van der Waals surface area contributed by atoms with Crippen LogP contribution in [0, 0.1) is 5.41 Å². The summed E-state index contributed by atoms with van der Waals surface area (Å²) < 4.78 is 0. The van der Waals surface area contributed by atoms with Crippen molar-refractivity contribution in [1.29, 1.82) is 0 Å². The van der Waals surface area contributed by atoms with Crippen molar-refractivity contribution in [2.24, 2.45) is 5.41 Å². The highest BCUT2D eigenvalue weighted by Gasteiger charge is 2.18. The van der Waals surface area contributed by atoms with E-state index < -0.39 is 0 Å². The fourth-order valence-electron chi connectivity index (χ4n) is 2.22. The Morgan fingerprint density at radius 1 is 1.08 bits per heavy atom. The van der Waals surface area contributed by atoms with Crippen LogP contribution in [0.25, 0.3) is 0 Å². The predicted molar refractivity (Wildman–Crippen MR) is 57.6 cm³/mol. The molecule has 0 spiro atoms. The molecular weight excluding hydrogens is 156 g/mol. The highest BCUT2D eigenvalue weighted by Crippen LogP contribution is 2.35. The molecule has 0 saturated heterocycles. The van der Waals surface area contributed by atoms with Crippen molar-refractivity contribution in [3.05, 3.63) is 35.5 Å². The summed E-state index contributed by atoms with van der Waals surface area (Å²) in [6.07, 6.45) is 14.6. The van der Waals surface area contributed by atoms with Gasteiger partial charge in [0.2, 0.25) is 0 Å². The molecule has 0 bridgehead atoms. The van der Waals surface area contributed by atoms with E-state index in [1.807, 2.05) is 0 Å². The molecule has 1 fully saturated rings. The fourth-order valence-corrected chi connectivity index (χ4v) is 2.22. The van der Waals surface area contributed by atoms with Gasteiger partial charge in [-0.25, -0.2) is 0 Å². The van der Waals surface area contributed by atoms with Crippen LogP contribution in [0.5, 0.6) is 0 Å². The van der Waals surface area contributed by atoms with Gasteiger partial charge in [0.15, 0.2) is 0 Å². The molecule has 13 heavy (non-hydrogen) atoms. The van der Waals surface area contributed by atoms with Crippen LogP contribution in [-0.4, -0.2) is 0 Å². The summed E-state index contributed by atoms with van der Waals surface area (Å²) in [6.45, 7) is 4.56. The molecule has 0 aromatic heterocycles. The van der Waals surface area contributed by atoms with Crippen molar-refractivity contribution in [3.8, 4) is 0 Å². The van der Waals surface area contributed by atoms with Crippen LogP contribution >= 0.6 is 0 Å². The molecule has 0 aromatic carbocycles. The number of rotatable bonds is 0. The normalized spacial score (nSPS) is 25.7. The third kappa shape index (κ3) is 1.93. The molecule has 0 atom stereocenters. The van der Waals surface area contributed by atoms with Crippen LogP contribution in [0.2, 0.25) is 0 Å². The van der Waals surface area contributed by atoms with Gasteiger partial charge in [-0.3, -0.25) is 0 Å². The second-order valence-electron chi connectivity index (χ2n) is 4.75. The Morgan fingerprint density at radius 2 is 1.77 bits per heavy atom. The smallest absolute Gasteiger partial charge is 0.00134 e. The SMILES string of the molecule is CC1(C)C=CC=C2CCCCC2=C1. The third-order valence-electron chi connectivity index (χ3n) is 2.92. The number of hydrogen-bond donors (Lipinski definition) is 0. The Hall–Kier alpha value is -0.780. The molecule has 0 radical (unpaired) electrons. The maximum Gasteiger partial charge on any atom is 0.00134 e. The van der Waals surface area contributed by atoms with Crippen LogP contribution < -0.4 is 0 Å². The molecule has 2 rings (SSSR count). The Kier molecular flexibility index (Phi) is 2.15. The second-order valence-corrected chi connectivity index (χ2v) is 4.75. The van der Waals surface area contributed by atoms with Gasteiger partial charge in [-0.05, 0) is 36.8 Å². The van der Waals surface area contributed by atoms with Crippen LogP contribution in [0.1, 0.15) is 39.5 Å². The monoisotopic (exact) mass is 174 g/mol. The zero-order valence-corrected chi connectivity index (χ0v) is 8.64. The maximum absolute atomic E-state index is 2.45. The van der Waals surface area contributed by atoms with Gasteiger partial charge in [0, 0.05) is 5.41 Å². The van der Waals surface area contributed by atoms with Crippen molar-refractivity contribution < 1.29 is 0 Å². The molecule has 0 heteroatoms. The molecule has 0 nitrogen and oxygen atoms in total. The molecule has 0 amide bonds. The van der Waals surface area contributed by atoms with Crippen LogP contribution in [0.15, 0.2) is 35.5 Å². The quantitative estimate of drug-likeness (QED) is 0.520. The summed E-state index contributed by atoms with van der Waals surface area (Å²) in [5.41, 5.74) is 3.43. The van der Waals surface area contributed by atoms with Gasteiger partial charge < -0.3 is 0 Å². The van der Waals surface area contributed by atoms with E-state index in [4.69, 9.17) is 0 Å². The summed E-state index contributed by atoms with van der Waals surface area (Å²) in [6, 6.07) is 0. The average Bonchev–Trinajstić information content (AvgIpc) is 2.21. The molecule has 1 saturated carbocycles. The first-order chi connectivity index (χ1) is 6.17. The minimum absolute atomic E-state index is 0.255. The van der Waals surface area contributed by atoms with E-state index in [1.54, 1.807) is 11.1 Å². The van der Waals surface area contributed by atoms with Crippen molar-refractivity contribution in [3.63, 3.8) is 0 Å². The molecule has 2 aliphatic rings. The van der Waals surface area contributed by atoms with Gasteiger partial charge >= 0.3 is 0 Å². The number of fused-ring (bicyclic) bond motifs is 1. The number of allylic oxidation sites excluding steroid dienone is 6. The lowest BCUT2D eigenvalue weighted by Gasteiger charge is -2.21. The first-order valence-corrected chi connectivity index (χ1v) is 5.28. The lowest BCUT2D eigenvalue weighted by atomic mass is 9.84. The Labute approximate surface area is 81.0 Å². The highest BCUT2D eigenvalue weighted by atomic mass is 14.2. The van der Waals surface area contributed by atoms with Gasteiger partial charge in [-0.1, -0.05) is 38.2 Å². The van der Waals surface area contributed by atoms with Crippen molar-refractivity contribution >= 4 is 0 Å². The van der Waals surface area contributed by atoms with Crippen LogP contribution in [-0.2, 0) is 0 Å². The number of hydrogen-bond acceptors (Lipinski definition) is 0. The largest absolute Gasteiger partial charge is 0.0751 e. The standard InChI is InChI=1S/C13H18/c1-13(2)9-5-8-11-6-3-4-7-12(11)10-13/h5,8-10H,3-4,6-7H2,1-2H3. The first kappa shape index (κ1) is 8.80. The second kappa shape index (κ2) is 3.17. The lowest BCUT2D eigenvalue weighted by Crippen LogP contribution is -2.05. The highest BCUT2D eigenvalue weighted by molar-refractivity contribution is 5.40. The predicted octanol–water partition coefficient (Wildman–Crippen LogP) is 4.01. The van der Waals surface area contributed by atoms with Crippen molar-refractivity contribution in [1.82, 2.24) is 0 Å². The Morgan fingerprint density at radius 3 is 2.54 bits per heavy atom. The summed E-state index contributed by atoms with van der Waals surface area (Å²) in [5, 5.41) is 0. The molecule has 0 unspecified atom stereocenters. The maximum atomic E-state index is 2.45. The summed E-state index contributed by atoms with van der Waals surface area (Å²) in [4.78, 5) is 0. The van der Waals surface area contributed by atoms with E-state index in [0.717, 1.165) is 0 Å². The van der Waals surface area contributed by atoms with E-state index in [0.29, 0.717) is 0 Å². The molecule has 0 aliphatic heterocycles. The summed E-state index contributed by atoms with van der Waals surface area (Å²) >= 11 is 0. The Balaban J connectivity index is 2.34. The minimum Gasteiger partial charge on any atom is -0.0751 e. The van der Waals surface area contributed by atoms with E-state index in [2.05, 4.69) is 38.2 Å². The molecular formula is C13H18. The van der Waals surface area contributed by atoms with Crippen LogP contribution in [0.3, 0.4) is 0 Å². The lowest BCUT2D eigenvalue weighted by molar-refractivity contribution is 0.605. The molecule has 0 aromatic rings. The van der Waals surface area contributed by atoms with Gasteiger partial charge in [-0.2, -0.15) is 0 Å². The average molecular weight is 174 g/mol. The molecule has 70 valence electrons. The zero-order valence-electron chi connectivity index (χ0n) is 8.64. The summed E-state index contributed by atoms with van der Waals surface area (Å²) in [7, 11) is 0. The molecule has 2 aliphatic carbocycles. The summed E-state index contributed by atoms with van der Waals surface area (Å²) in [5.74, 6) is 0. The topological polar surface area (TPSA) is 0 Å².